The number of hydrogen-bond donors (Lipinski definition) is 2. The van der Waals surface area contributed by atoms with E-state index in [0.29, 0.717) is 34.5 Å². The van der Waals surface area contributed by atoms with Crippen molar-refractivity contribution in [3.63, 3.8) is 0 Å². The van der Waals surface area contributed by atoms with Gasteiger partial charge in [0.15, 0.2) is 5.82 Å². The van der Waals surface area contributed by atoms with Crippen LogP contribution in [0.2, 0.25) is 5.02 Å². The second-order valence-electron chi connectivity index (χ2n) is 8.30. The number of benzene rings is 1. The summed E-state index contributed by atoms with van der Waals surface area (Å²) in [4.78, 5) is 9.82. The topological polar surface area (TPSA) is 98.2 Å². The Morgan fingerprint density at radius 3 is 2.59 bits per heavy atom. The average molecular weight is 482 g/mol. The number of hydrogen-bond acceptors (Lipinski definition) is 7. The molecule has 8 nitrogen and oxygen atoms in total. The lowest BCUT2D eigenvalue weighted by atomic mass is 10.0. The minimum atomic E-state index is -0.629. The summed E-state index contributed by atoms with van der Waals surface area (Å²) >= 11 is 6.60. The van der Waals surface area contributed by atoms with Gasteiger partial charge in [-0.25, -0.2) is 9.97 Å². The molecule has 3 heterocycles. The first kappa shape index (κ1) is 23.9. The molecule has 0 aliphatic carbocycles. The van der Waals surface area contributed by atoms with Crippen molar-refractivity contribution in [1.29, 1.82) is 0 Å². The minimum absolute atomic E-state index is 0.149. The van der Waals surface area contributed by atoms with Gasteiger partial charge >= 0.3 is 0 Å². The van der Waals surface area contributed by atoms with Crippen LogP contribution in [0.1, 0.15) is 17.0 Å². The summed E-state index contributed by atoms with van der Waals surface area (Å²) in [6.45, 7) is 6.35. The molecule has 4 aromatic rings. The van der Waals surface area contributed by atoms with Gasteiger partial charge in [0.25, 0.3) is 0 Å². The molecule has 9 heteroatoms. The van der Waals surface area contributed by atoms with Gasteiger partial charge in [-0.3, -0.25) is 0 Å². The van der Waals surface area contributed by atoms with Crippen molar-refractivity contribution >= 4 is 11.6 Å². The Bertz CT molecular complexity index is 1290. The van der Waals surface area contributed by atoms with Gasteiger partial charge in [0.05, 0.1) is 27.7 Å². The molecule has 0 unspecified atom stereocenters. The van der Waals surface area contributed by atoms with E-state index in [0.717, 1.165) is 33.8 Å². The predicted molar refractivity (Wildman–Crippen MR) is 132 cm³/mol. The quantitative estimate of drug-likeness (QED) is 0.386. The summed E-state index contributed by atoms with van der Waals surface area (Å²) in [5.74, 6) is 1.72. The highest BCUT2D eigenvalue weighted by atomic mass is 35.5. The van der Waals surface area contributed by atoms with E-state index in [9.17, 15) is 5.11 Å². The monoisotopic (exact) mass is 481 g/mol. The molecule has 2 N–H and O–H groups in total. The molecule has 0 aliphatic rings. The van der Waals surface area contributed by atoms with Crippen LogP contribution < -0.4 is 10.1 Å². The van der Waals surface area contributed by atoms with Crippen LogP contribution in [0.4, 0.5) is 0 Å². The number of ether oxygens (including phenoxy) is 1. The largest absolute Gasteiger partial charge is 0.491 e. The van der Waals surface area contributed by atoms with Crippen molar-refractivity contribution in [2.24, 2.45) is 7.05 Å². The van der Waals surface area contributed by atoms with Crippen molar-refractivity contribution in [3.05, 3.63) is 58.7 Å². The molecule has 0 radical (unpaired) electrons. The van der Waals surface area contributed by atoms with Gasteiger partial charge in [-0.05, 0) is 52.1 Å². The highest BCUT2D eigenvalue weighted by molar-refractivity contribution is 6.33. The summed E-state index contributed by atoms with van der Waals surface area (Å²) in [6.07, 6.45) is 3.36. The lowest BCUT2D eigenvalue weighted by Crippen LogP contribution is -2.29. The van der Waals surface area contributed by atoms with E-state index in [2.05, 4.69) is 10.5 Å². The zero-order valence-corrected chi connectivity index (χ0v) is 20.6. The summed E-state index contributed by atoms with van der Waals surface area (Å²) in [6, 6.07) is 7.32. The molecule has 34 heavy (non-hydrogen) atoms. The smallest absolute Gasteiger partial charge is 0.162 e. The van der Waals surface area contributed by atoms with Crippen molar-refractivity contribution in [2.45, 2.75) is 26.9 Å². The summed E-state index contributed by atoms with van der Waals surface area (Å²) in [5.41, 5.74) is 5.66. The zero-order chi connectivity index (χ0) is 24.4. The fraction of sp³-hybridized carbons (Fsp3) is 0.320. The number of nitrogens with one attached hydrogen (secondary N) is 1. The first-order chi connectivity index (χ1) is 16.3. The number of likely N-dealkylation sites (N-methyl/N-ethyl adjacent to an activating group) is 1. The molecule has 0 saturated heterocycles. The second kappa shape index (κ2) is 9.97. The molecule has 0 fully saturated rings. The lowest BCUT2D eigenvalue weighted by Gasteiger charge is -2.15. The number of rotatable bonds is 8. The van der Waals surface area contributed by atoms with Gasteiger partial charge in [0.1, 0.15) is 24.2 Å². The summed E-state index contributed by atoms with van der Waals surface area (Å²) < 4.78 is 13.2. The third-order valence-corrected chi connectivity index (χ3v) is 5.91. The highest BCUT2D eigenvalue weighted by Gasteiger charge is 2.22. The van der Waals surface area contributed by atoms with Gasteiger partial charge in [-0.2, -0.15) is 0 Å². The molecule has 0 bridgehead atoms. The van der Waals surface area contributed by atoms with E-state index in [-0.39, 0.29) is 6.61 Å². The number of nitrogens with zero attached hydrogens (tertiary/aromatic N) is 4. The Kier molecular flexibility index (Phi) is 7.02. The van der Waals surface area contributed by atoms with Crippen LogP contribution in [0, 0.1) is 20.8 Å². The SMILES string of the molecule is CNC[C@@H](O)COc1ccc(Cl)c(-c2nc(-c3ccn(C)c3)c(C)c(-c3c(C)noc3C)n2)c1. The normalized spacial score (nSPS) is 12.2. The van der Waals surface area contributed by atoms with Crippen molar-refractivity contribution in [3.8, 4) is 39.7 Å². The van der Waals surface area contributed by atoms with E-state index in [4.69, 9.17) is 30.8 Å². The van der Waals surface area contributed by atoms with Crippen LogP contribution in [0.15, 0.2) is 41.2 Å². The van der Waals surface area contributed by atoms with Gasteiger partial charge in [-0.15, -0.1) is 0 Å². The maximum atomic E-state index is 9.99. The number of aliphatic hydroxyl groups is 1. The van der Waals surface area contributed by atoms with Gasteiger partial charge < -0.3 is 24.3 Å². The number of aliphatic hydroxyl groups excluding tert-OH is 1. The molecular formula is C25H28ClN5O3. The number of halogens is 1. The van der Waals surface area contributed by atoms with E-state index < -0.39 is 6.10 Å². The number of aryl methyl sites for hydroxylation is 3. The van der Waals surface area contributed by atoms with E-state index in [1.165, 1.54) is 0 Å². The Morgan fingerprint density at radius 1 is 1.18 bits per heavy atom. The van der Waals surface area contributed by atoms with Crippen LogP contribution in [0.3, 0.4) is 0 Å². The molecule has 0 saturated carbocycles. The third kappa shape index (κ3) is 4.84. The first-order valence-electron chi connectivity index (χ1n) is 11.0. The summed E-state index contributed by atoms with van der Waals surface area (Å²) in [5, 5.41) is 17.5. The van der Waals surface area contributed by atoms with Gasteiger partial charge in [0, 0.05) is 42.7 Å². The van der Waals surface area contributed by atoms with E-state index >= 15 is 0 Å². The first-order valence-corrected chi connectivity index (χ1v) is 11.4. The molecule has 0 amide bonds. The molecule has 0 aliphatic heterocycles. The minimum Gasteiger partial charge on any atom is -0.491 e. The van der Waals surface area contributed by atoms with Crippen molar-refractivity contribution < 1.29 is 14.4 Å². The maximum Gasteiger partial charge on any atom is 0.162 e. The van der Waals surface area contributed by atoms with E-state index in [1.807, 2.05) is 50.8 Å². The molecular weight excluding hydrogens is 454 g/mol. The molecule has 0 spiro atoms. The lowest BCUT2D eigenvalue weighted by molar-refractivity contribution is 0.108. The molecule has 3 aromatic heterocycles. The maximum absolute atomic E-state index is 9.99. The number of aromatic nitrogens is 4. The molecule has 1 aromatic carbocycles. The average Bonchev–Trinajstić information content (AvgIpc) is 3.38. The van der Waals surface area contributed by atoms with E-state index in [1.54, 1.807) is 25.2 Å². The Hall–Kier alpha value is -3.20. The fourth-order valence-corrected chi connectivity index (χ4v) is 4.08. The van der Waals surface area contributed by atoms with Gasteiger partial charge in [-0.1, -0.05) is 16.8 Å². The molecule has 178 valence electrons. The highest BCUT2D eigenvalue weighted by Crippen LogP contribution is 2.37. The summed E-state index contributed by atoms with van der Waals surface area (Å²) in [7, 11) is 3.75. The van der Waals surface area contributed by atoms with Crippen molar-refractivity contribution in [2.75, 3.05) is 20.2 Å². The Labute approximate surface area is 203 Å². The zero-order valence-electron chi connectivity index (χ0n) is 19.9. The predicted octanol–water partition coefficient (Wildman–Crippen LogP) is 4.34. The van der Waals surface area contributed by atoms with Crippen LogP contribution in [-0.2, 0) is 7.05 Å². The fourth-order valence-electron chi connectivity index (χ4n) is 3.88. The van der Waals surface area contributed by atoms with Crippen LogP contribution in [-0.4, -0.2) is 51.1 Å². The van der Waals surface area contributed by atoms with Gasteiger partial charge in [0.2, 0.25) is 0 Å². The van der Waals surface area contributed by atoms with Crippen LogP contribution >= 0.6 is 11.6 Å². The van der Waals surface area contributed by atoms with Crippen LogP contribution in [0.5, 0.6) is 5.75 Å². The standard InChI is InChI=1S/C25H28ClN5O3/c1-14-23(17-8-9-31(5)12-17)28-25(29-24(14)22-15(2)30-34-16(22)3)20-10-19(6-7-21(20)26)33-13-18(32)11-27-4/h6-10,12,18,27,32H,11,13H2,1-5H3/t18-/m1/s1. The molecule has 4 rings (SSSR count). The third-order valence-electron chi connectivity index (χ3n) is 5.58. The Morgan fingerprint density at radius 2 is 1.94 bits per heavy atom. The Balaban J connectivity index is 1.85. The molecule has 1 atom stereocenters. The second-order valence-corrected chi connectivity index (χ2v) is 8.71. The van der Waals surface area contributed by atoms with Crippen molar-refractivity contribution in [1.82, 2.24) is 25.0 Å². The van der Waals surface area contributed by atoms with Crippen LogP contribution in [0.25, 0.3) is 33.9 Å².